The molecule has 2 atom stereocenters. The third-order valence-electron chi connectivity index (χ3n) is 3.42. The Bertz CT molecular complexity index is 526. The molecule has 1 saturated heterocycles. The lowest BCUT2D eigenvalue weighted by Gasteiger charge is -2.35. The van der Waals surface area contributed by atoms with Gasteiger partial charge in [0.05, 0.1) is 24.3 Å². The van der Waals surface area contributed by atoms with Crippen LogP contribution < -0.4 is 5.48 Å². The van der Waals surface area contributed by atoms with Crippen LogP contribution in [0.4, 0.5) is 0 Å². The van der Waals surface area contributed by atoms with Crippen molar-refractivity contribution in [1.82, 2.24) is 10.5 Å². The third-order valence-corrected chi connectivity index (χ3v) is 3.42. The molecule has 0 spiro atoms. The van der Waals surface area contributed by atoms with E-state index in [2.05, 4.69) is 0 Å². The number of hydroxylamine groups is 3. The van der Waals surface area contributed by atoms with Crippen molar-refractivity contribution in [2.75, 3.05) is 6.54 Å². The molecule has 112 valence electrons. The standard InChI is InChI=1S/C14H17N3O4/c15-8-10-1-3-11(4-2-10)9-21-17-6-5-12(18)7-13(17)14(19)16-20/h1-4,12-13,18,20H,5-7,9H2,(H,16,19)/t12-,13+/m0/s1. The lowest BCUT2D eigenvalue weighted by Crippen LogP contribution is -2.51. The van der Waals surface area contributed by atoms with Crippen LogP contribution in [0.5, 0.6) is 0 Å². The summed E-state index contributed by atoms with van der Waals surface area (Å²) < 4.78 is 0. The Hall–Kier alpha value is -1.98. The summed E-state index contributed by atoms with van der Waals surface area (Å²) >= 11 is 0. The van der Waals surface area contributed by atoms with E-state index >= 15 is 0 Å². The van der Waals surface area contributed by atoms with Gasteiger partial charge < -0.3 is 5.11 Å². The quantitative estimate of drug-likeness (QED) is 0.545. The van der Waals surface area contributed by atoms with Crippen molar-refractivity contribution < 1.29 is 19.9 Å². The maximum absolute atomic E-state index is 11.6. The number of amides is 1. The first-order valence-corrected chi connectivity index (χ1v) is 6.64. The Labute approximate surface area is 122 Å². The second-order valence-electron chi connectivity index (χ2n) is 4.89. The van der Waals surface area contributed by atoms with E-state index in [1.54, 1.807) is 29.7 Å². The average Bonchev–Trinajstić information content (AvgIpc) is 2.53. The smallest absolute Gasteiger partial charge is 0.263 e. The van der Waals surface area contributed by atoms with Gasteiger partial charge in [0, 0.05) is 13.0 Å². The summed E-state index contributed by atoms with van der Waals surface area (Å²) in [5, 5.41) is 28.5. The molecular formula is C14H17N3O4. The molecule has 7 heteroatoms. The Morgan fingerprint density at radius 1 is 1.48 bits per heavy atom. The number of nitrogens with one attached hydrogen (secondary N) is 1. The van der Waals surface area contributed by atoms with Crippen LogP contribution in [0.1, 0.15) is 24.0 Å². The van der Waals surface area contributed by atoms with E-state index in [9.17, 15) is 9.90 Å². The topological polar surface area (TPSA) is 106 Å². The fraction of sp³-hybridized carbons (Fsp3) is 0.429. The number of nitriles is 1. The second-order valence-corrected chi connectivity index (χ2v) is 4.89. The SMILES string of the molecule is N#Cc1ccc(CON2CC[C@H](O)C[C@@H]2C(=O)NO)cc1. The van der Waals surface area contributed by atoms with E-state index in [0.717, 1.165) is 5.56 Å². The van der Waals surface area contributed by atoms with Crippen LogP contribution in [0.2, 0.25) is 0 Å². The van der Waals surface area contributed by atoms with Crippen LogP contribution in [0.25, 0.3) is 0 Å². The van der Waals surface area contributed by atoms with Crippen LogP contribution in [0, 0.1) is 11.3 Å². The van der Waals surface area contributed by atoms with Crippen LogP contribution in [-0.4, -0.2) is 40.0 Å². The number of benzene rings is 1. The molecule has 0 radical (unpaired) electrons. The predicted molar refractivity (Wildman–Crippen MR) is 71.6 cm³/mol. The van der Waals surface area contributed by atoms with Crippen molar-refractivity contribution in [3.63, 3.8) is 0 Å². The summed E-state index contributed by atoms with van der Waals surface area (Å²) in [5.74, 6) is -0.603. The molecule has 1 fully saturated rings. The number of carbonyl (C=O) groups excluding carboxylic acids is 1. The number of aliphatic hydroxyl groups excluding tert-OH is 1. The van der Waals surface area contributed by atoms with Gasteiger partial charge in [0.25, 0.3) is 5.91 Å². The lowest BCUT2D eigenvalue weighted by atomic mass is 10.0. The molecule has 0 saturated carbocycles. The van der Waals surface area contributed by atoms with Gasteiger partial charge in [-0.25, -0.2) is 5.48 Å². The fourth-order valence-corrected chi connectivity index (χ4v) is 2.23. The fourth-order valence-electron chi connectivity index (χ4n) is 2.23. The van der Waals surface area contributed by atoms with Gasteiger partial charge in [0.1, 0.15) is 6.04 Å². The van der Waals surface area contributed by atoms with Crippen molar-refractivity contribution in [3.05, 3.63) is 35.4 Å². The number of hydrogen-bond donors (Lipinski definition) is 3. The highest BCUT2D eigenvalue weighted by Crippen LogP contribution is 2.19. The highest BCUT2D eigenvalue weighted by molar-refractivity contribution is 5.80. The maximum atomic E-state index is 11.6. The monoisotopic (exact) mass is 291 g/mol. The van der Waals surface area contributed by atoms with Gasteiger partial charge in [-0.3, -0.25) is 14.8 Å². The zero-order valence-electron chi connectivity index (χ0n) is 11.4. The minimum Gasteiger partial charge on any atom is -0.393 e. The molecule has 0 unspecified atom stereocenters. The van der Waals surface area contributed by atoms with Gasteiger partial charge in [-0.2, -0.15) is 10.3 Å². The Morgan fingerprint density at radius 3 is 2.81 bits per heavy atom. The summed E-state index contributed by atoms with van der Waals surface area (Å²) in [5.41, 5.74) is 3.02. The van der Waals surface area contributed by atoms with Gasteiger partial charge >= 0.3 is 0 Å². The van der Waals surface area contributed by atoms with Crippen molar-refractivity contribution in [2.45, 2.75) is 31.6 Å². The molecule has 3 N–H and O–H groups in total. The van der Waals surface area contributed by atoms with Gasteiger partial charge in [-0.1, -0.05) is 12.1 Å². The van der Waals surface area contributed by atoms with Crippen LogP contribution in [-0.2, 0) is 16.2 Å². The van der Waals surface area contributed by atoms with Crippen molar-refractivity contribution in [2.24, 2.45) is 0 Å². The van der Waals surface area contributed by atoms with Crippen LogP contribution in [0.3, 0.4) is 0 Å². The first-order chi connectivity index (χ1) is 10.1. The van der Waals surface area contributed by atoms with Gasteiger partial charge in [-0.05, 0) is 24.1 Å². The summed E-state index contributed by atoms with van der Waals surface area (Å²) in [6.45, 7) is 0.645. The van der Waals surface area contributed by atoms with Crippen molar-refractivity contribution >= 4 is 5.91 Å². The molecule has 1 aromatic carbocycles. The molecule has 1 heterocycles. The summed E-state index contributed by atoms with van der Waals surface area (Å²) in [4.78, 5) is 17.2. The minimum atomic E-state index is -0.725. The summed E-state index contributed by atoms with van der Waals surface area (Å²) in [6, 6.07) is 8.24. The highest BCUT2D eigenvalue weighted by Gasteiger charge is 2.33. The first-order valence-electron chi connectivity index (χ1n) is 6.64. The third kappa shape index (κ3) is 4.00. The van der Waals surface area contributed by atoms with E-state index in [0.29, 0.717) is 18.5 Å². The molecule has 7 nitrogen and oxygen atoms in total. The van der Waals surface area contributed by atoms with E-state index in [-0.39, 0.29) is 13.0 Å². The Balaban J connectivity index is 1.96. The number of rotatable bonds is 4. The number of nitrogens with zero attached hydrogens (tertiary/aromatic N) is 2. The number of carbonyl (C=O) groups is 1. The van der Waals surface area contributed by atoms with Gasteiger partial charge in [0.15, 0.2) is 0 Å². The summed E-state index contributed by atoms with van der Waals surface area (Å²) in [7, 11) is 0. The van der Waals surface area contributed by atoms with Crippen molar-refractivity contribution in [3.8, 4) is 6.07 Å². The lowest BCUT2D eigenvalue weighted by molar-refractivity contribution is -0.219. The molecule has 1 amide bonds. The van der Waals surface area contributed by atoms with Crippen LogP contribution in [0.15, 0.2) is 24.3 Å². The molecule has 0 aromatic heterocycles. The molecule has 2 rings (SSSR count). The number of hydrogen-bond acceptors (Lipinski definition) is 6. The van der Waals surface area contributed by atoms with E-state index in [1.165, 1.54) is 5.06 Å². The number of piperidine rings is 1. The predicted octanol–water partition coefficient (Wildman–Crippen LogP) is 0.321. The normalized spacial score (nSPS) is 22.5. The van der Waals surface area contributed by atoms with Gasteiger partial charge in [0.2, 0.25) is 0 Å². The minimum absolute atomic E-state index is 0.208. The Morgan fingerprint density at radius 2 is 2.19 bits per heavy atom. The van der Waals surface area contributed by atoms with Crippen LogP contribution >= 0.6 is 0 Å². The van der Waals surface area contributed by atoms with E-state index < -0.39 is 18.1 Å². The largest absolute Gasteiger partial charge is 0.393 e. The zero-order valence-corrected chi connectivity index (χ0v) is 11.4. The molecule has 0 aliphatic carbocycles. The van der Waals surface area contributed by atoms with E-state index in [4.69, 9.17) is 15.3 Å². The maximum Gasteiger partial charge on any atom is 0.263 e. The Kier molecular flexibility index (Phi) is 5.25. The summed E-state index contributed by atoms with van der Waals surface area (Å²) in [6.07, 6.45) is 0.129. The zero-order chi connectivity index (χ0) is 15.2. The first kappa shape index (κ1) is 15.4. The molecule has 1 aliphatic rings. The second kappa shape index (κ2) is 7.15. The molecule has 1 aliphatic heterocycles. The van der Waals surface area contributed by atoms with Crippen molar-refractivity contribution in [1.29, 1.82) is 5.26 Å². The molecule has 21 heavy (non-hydrogen) atoms. The number of aliphatic hydroxyl groups is 1. The molecule has 1 aromatic rings. The van der Waals surface area contributed by atoms with E-state index in [1.807, 2.05) is 6.07 Å². The highest BCUT2D eigenvalue weighted by atomic mass is 16.7. The van der Waals surface area contributed by atoms with Gasteiger partial charge in [-0.15, -0.1) is 0 Å². The average molecular weight is 291 g/mol. The molecular weight excluding hydrogens is 274 g/mol. The molecule has 0 bridgehead atoms.